The fraction of sp³-hybridized carbons (Fsp3) is 0.800. The molecule has 2 unspecified atom stereocenters. The minimum absolute atomic E-state index is 0.0884. The van der Waals surface area contributed by atoms with Gasteiger partial charge in [-0.3, -0.25) is 9.59 Å². The number of aliphatic carboxylic acids is 1. The van der Waals surface area contributed by atoms with Crippen LogP contribution in [0.4, 0.5) is 0 Å². The molecule has 2 atom stereocenters. The summed E-state index contributed by atoms with van der Waals surface area (Å²) in [5.41, 5.74) is 0. The van der Waals surface area contributed by atoms with Crippen molar-refractivity contribution in [3.63, 3.8) is 0 Å². The van der Waals surface area contributed by atoms with Gasteiger partial charge in [-0.1, -0.05) is 6.92 Å². The van der Waals surface area contributed by atoms with Crippen LogP contribution in [0, 0.1) is 0 Å². The van der Waals surface area contributed by atoms with Gasteiger partial charge in [0.05, 0.1) is 5.25 Å². The molecule has 4 nitrogen and oxygen atoms in total. The Morgan fingerprint density at radius 3 is 2.20 bits per heavy atom. The third kappa shape index (κ3) is 5.67. The third-order valence-electron chi connectivity index (χ3n) is 1.81. The number of carboxylic acids is 1. The summed E-state index contributed by atoms with van der Waals surface area (Å²) in [6.45, 7) is 7.29. The quantitative estimate of drug-likeness (QED) is 0.729. The summed E-state index contributed by atoms with van der Waals surface area (Å²) < 4.78 is 0. The molecule has 0 aliphatic heterocycles. The lowest BCUT2D eigenvalue weighted by Gasteiger charge is -2.17. The zero-order valence-electron chi connectivity index (χ0n) is 9.61. The zero-order valence-corrected chi connectivity index (χ0v) is 10.4. The van der Waals surface area contributed by atoms with Gasteiger partial charge in [0, 0.05) is 6.04 Å². The van der Waals surface area contributed by atoms with Gasteiger partial charge in [-0.15, -0.1) is 11.8 Å². The van der Waals surface area contributed by atoms with Gasteiger partial charge in [-0.2, -0.15) is 0 Å². The van der Waals surface area contributed by atoms with Crippen molar-refractivity contribution in [2.45, 2.75) is 50.7 Å². The molecule has 0 fully saturated rings. The first-order valence-corrected chi connectivity index (χ1v) is 6.01. The van der Waals surface area contributed by atoms with Crippen LogP contribution in [0.25, 0.3) is 0 Å². The van der Waals surface area contributed by atoms with E-state index in [1.54, 1.807) is 13.8 Å². The molecular formula is C10H19NO3S. The van der Waals surface area contributed by atoms with E-state index in [1.807, 2.05) is 13.8 Å². The summed E-state index contributed by atoms with van der Waals surface area (Å²) in [4.78, 5) is 22.3. The number of rotatable bonds is 6. The SMILES string of the molecule is CCC(SC(C)C(=O)NC(C)C)C(=O)O. The Hall–Kier alpha value is -0.710. The van der Waals surface area contributed by atoms with Crippen molar-refractivity contribution in [2.24, 2.45) is 0 Å². The summed E-state index contributed by atoms with van der Waals surface area (Å²) in [5.74, 6) is -0.957. The lowest BCUT2D eigenvalue weighted by Crippen LogP contribution is -2.37. The summed E-state index contributed by atoms with van der Waals surface area (Å²) in [7, 11) is 0. The van der Waals surface area contributed by atoms with E-state index in [2.05, 4.69) is 5.32 Å². The molecule has 0 aliphatic rings. The van der Waals surface area contributed by atoms with Crippen molar-refractivity contribution in [3.05, 3.63) is 0 Å². The van der Waals surface area contributed by atoms with Gasteiger partial charge < -0.3 is 10.4 Å². The van der Waals surface area contributed by atoms with Gasteiger partial charge >= 0.3 is 5.97 Å². The Morgan fingerprint density at radius 2 is 1.87 bits per heavy atom. The molecule has 5 heteroatoms. The van der Waals surface area contributed by atoms with Crippen LogP contribution in [0.1, 0.15) is 34.1 Å². The van der Waals surface area contributed by atoms with Crippen molar-refractivity contribution in [1.29, 1.82) is 0 Å². The summed E-state index contributed by atoms with van der Waals surface area (Å²) >= 11 is 1.19. The molecule has 0 bridgehead atoms. The molecule has 1 amide bonds. The average Bonchev–Trinajstić information content (AvgIpc) is 2.11. The van der Waals surface area contributed by atoms with Crippen LogP contribution in [0.2, 0.25) is 0 Å². The second kappa shape index (κ2) is 6.71. The van der Waals surface area contributed by atoms with E-state index in [0.717, 1.165) is 0 Å². The number of amides is 1. The van der Waals surface area contributed by atoms with Gasteiger partial charge in [0.15, 0.2) is 0 Å². The van der Waals surface area contributed by atoms with Crippen molar-refractivity contribution >= 4 is 23.6 Å². The minimum Gasteiger partial charge on any atom is -0.480 e. The molecule has 0 spiro atoms. The maximum atomic E-state index is 11.5. The van der Waals surface area contributed by atoms with E-state index in [0.29, 0.717) is 6.42 Å². The first kappa shape index (κ1) is 14.3. The summed E-state index contributed by atoms with van der Waals surface area (Å²) in [6.07, 6.45) is 0.527. The van der Waals surface area contributed by atoms with E-state index in [-0.39, 0.29) is 17.2 Å². The van der Waals surface area contributed by atoms with E-state index < -0.39 is 11.2 Å². The Labute approximate surface area is 94.8 Å². The van der Waals surface area contributed by atoms with Crippen molar-refractivity contribution in [1.82, 2.24) is 5.32 Å². The second-order valence-electron chi connectivity index (χ2n) is 3.68. The van der Waals surface area contributed by atoms with Crippen molar-refractivity contribution in [2.75, 3.05) is 0 Å². The van der Waals surface area contributed by atoms with Crippen molar-refractivity contribution in [3.8, 4) is 0 Å². The highest BCUT2D eigenvalue weighted by molar-refractivity contribution is 8.01. The second-order valence-corrected chi connectivity index (χ2v) is 5.23. The minimum atomic E-state index is -0.855. The number of carbonyl (C=O) groups is 2. The number of carbonyl (C=O) groups excluding carboxylic acids is 1. The zero-order chi connectivity index (χ0) is 12.0. The maximum Gasteiger partial charge on any atom is 0.316 e. The molecule has 0 rings (SSSR count). The highest BCUT2D eigenvalue weighted by Gasteiger charge is 2.23. The van der Waals surface area contributed by atoms with Crippen LogP contribution < -0.4 is 5.32 Å². The highest BCUT2D eigenvalue weighted by atomic mass is 32.2. The van der Waals surface area contributed by atoms with E-state index in [9.17, 15) is 9.59 Å². The monoisotopic (exact) mass is 233 g/mol. The van der Waals surface area contributed by atoms with Gasteiger partial charge in [0.2, 0.25) is 5.91 Å². The van der Waals surface area contributed by atoms with Gasteiger partial charge in [0.1, 0.15) is 5.25 Å². The Bertz CT molecular complexity index is 231. The molecule has 0 aromatic carbocycles. The van der Waals surface area contributed by atoms with Crippen LogP contribution in [0.5, 0.6) is 0 Å². The lowest BCUT2D eigenvalue weighted by atomic mass is 10.3. The van der Waals surface area contributed by atoms with Crippen molar-refractivity contribution < 1.29 is 14.7 Å². The average molecular weight is 233 g/mol. The molecule has 88 valence electrons. The number of nitrogens with one attached hydrogen (secondary N) is 1. The molecule has 0 radical (unpaired) electrons. The fourth-order valence-corrected chi connectivity index (χ4v) is 2.03. The van der Waals surface area contributed by atoms with E-state index in [1.165, 1.54) is 11.8 Å². The number of thioether (sulfide) groups is 1. The van der Waals surface area contributed by atoms with Gasteiger partial charge in [-0.05, 0) is 27.2 Å². The molecular weight excluding hydrogens is 214 g/mol. The van der Waals surface area contributed by atoms with E-state index in [4.69, 9.17) is 5.11 Å². The topological polar surface area (TPSA) is 66.4 Å². The molecule has 0 heterocycles. The van der Waals surface area contributed by atoms with Gasteiger partial charge in [-0.25, -0.2) is 0 Å². The molecule has 0 aromatic rings. The first-order valence-electron chi connectivity index (χ1n) is 5.07. The van der Waals surface area contributed by atoms with E-state index >= 15 is 0 Å². The summed E-state index contributed by atoms with van der Waals surface area (Å²) in [5, 5.41) is 10.8. The Morgan fingerprint density at radius 1 is 1.33 bits per heavy atom. The molecule has 0 saturated carbocycles. The fourth-order valence-electron chi connectivity index (χ4n) is 1.04. The Kier molecular flexibility index (Phi) is 6.40. The predicted octanol–water partition coefficient (Wildman–Crippen LogP) is 1.50. The smallest absolute Gasteiger partial charge is 0.316 e. The molecule has 0 aliphatic carbocycles. The number of hydrogen-bond donors (Lipinski definition) is 2. The first-order chi connectivity index (χ1) is 6.88. The molecule has 0 saturated heterocycles. The van der Waals surface area contributed by atoms with Crippen LogP contribution >= 0.6 is 11.8 Å². The standard InChI is InChI=1S/C10H19NO3S/c1-5-8(10(13)14)15-7(4)9(12)11-6(2)3/h6-8H,5H2,1-4H3,(H,11,12)(H,13,14). The maximum absolute atomic E-state index is 11.5. The van der Waals surface area contributed by atoms with Crippen LogP contribution in [-0.2, 0) is 9.59 Å². The normalized spacial score (nSPS) is 14.7. The number of carboxylic acid groups (broad SMARTS) is 1. The third-order valence-corrected chi connectivity index (χ3v) is 3.30. The van der Waals surface area contributed by atoms with Crippen LogP contribution in [0.15, 0.2) is 0 Å². The predicted molar refractivity (Wildman–Crippen MR) is 62.0 cm³/mol. The molecule has 15 heavy (non-hydrogen) atoms. The largest absolute Gasteiger partial charge is 0.480 e. The Balaban J connectivity index is 4.15. The molecule has 2 N–H and O–H groups in total. The highest BCUT2D eigenvalue weighted by Crippen LogP contribution is 2.20. The van der Waals surface area contributed by atoms with Crippen LogP contribution in [0.3, 0.4) is 0 Å². The lowest BCUT2D eigenvalue weighted by molar-refractivity contribution is -0.136. The van der Waals surface area contributed by atoms with Crippen LogP contribution in [-0.4, -0.2) is 33.5 Å². The summed E-state index contributed by atoms with van der Waals surface area (Å²) in [6, 6.07) is 0.0884. The number of hydrogen-bond acceptors (Lipinski definition) is 3. The molecule has 0 aromatic heterocycles. The van der Waals surface area contributed by atoms with Gasteiger partial charge in [0.25, 0.3) is 0 Å².